The number of aromatic carboxylic acids is 2. The standard InChI is InChI=1S/C5H3NO4S2/c7-3(8)1-5(11)12-2(6-1)4(9)10/h11H,(H,7,8)(H,9,10). The maximum absolute atomic E-state index is 10.4. The topological polar surface area (TPSA) is 87.5 Å². The average Bonchev–Trinajstić information content (AvgIpc) is 2.30. The van der Waals surface area contributed by atoms with E-state index in [-0.39, 0.29) is 14.9 Å². The first-order chi connectivity index (χ1) is 5.52. The van der Waals surface area contributed by atoms with Crippen molar-refractivity contribution in [3.8, 4) is 0 Å². The van der Waals surface area contributed by atoms with Gasteiger partial charge in [-0.05, 0) is 0 Å². The van der Waals surface area contributed by atoms with Crippen LogP contribution in [0.2, 0.25) is 0 Å². The normalized spacial score (nSPS) is 9.75. The second kappa shape index (κ2) is 3.11. The van der Waals surface area contributed by atoms with E-state index in [0.29, 0.717) is 0 Å². The van der Waals surface area contributed by atoms with Crippen LogP contribution in [-0.4, -0.2) is 27.1 Å². The summed E-state index contributed by atoms with van der Waals surface area (Å²) in [5, 5.41) is 16.6. The Hall–Kier alpha value is -1.08. The molecule has 1 aromatic heterocycles. The summed E-state index contributed by atoms with van der Waals surface area (Å²) in [5.41, 5.74) is -0.319. The number of carboxylic acids is 2. The van der Waals surface area contributed by atoms with Crippen LogP contribution in [0.5, 0.6) is 0 Å². The van der Waals surface area contributed by atoms with Gasteiger partial charge in [0.2, 0.25) is 5.01 Å². The highest BCUT2D eigenvalue weighted by Gasteiger charge is 2.18. The summed E-state index contributed by atoms with van der Waals surface area (Å²) >= 11 is 4.49. The summed E-state index contributed by atoms with van der Waals surface area (Å²) in [4.78, 5) is 24.0. The highest BCUT2D eigenvalue weighted by atomic mass is 32.2. The lowest BCUT2D eigenvalue weighted by molar-refractivity contribution is 0.0687. The number of carbonyl (C=O) groups is 2. The molecular formula is C5H3NO4S2. The number of thiol groups is 1. The molecule has 0 bridgehead atoms. The first kappa shape index (κ1) is 9.01. The van der Waals surface area contributed by atoms with Gasteiger partial charge in [0.05, 0.1) is 4.21 Å². The van der Waals surface area contributed by atoms with Crippen molar-refractivity contribution in [2.75, 3.05) is 0 Å². The molecule has 12 heavy (non-hydrogen) atoms. The van der Waals surface area contributed by atoms with Crippen LogP contribution < -0.4 is 0 Å². The van der Waals surface area contributed by atoms with Crippen LogP contribution in [-0.2, 0) is 0 Å². The molecule has 2 N–H and O–H groups in total. The summed E-state index contributed by atoms with van der Waals surface area (Å²) in [6, 6.07) is 0. The third-order valence-corrected chi connectivity index (χ3v) is 2.33. The summed E-state index contributed by atoms with van der Waals surface area (Å²) in [6.07, 6.45) is 0. The Morgan fingerprint density at radius 2 is 1.92 bits per heavy atom. The average molecular weight is 205 g/mol. The molecule has 0 amide bonds. The van der Waals surface area contributed by atoms with Gasteiger partial charge in [-0.2, -0.15) is 0 Å². The molecule has 0 aliphatic carbocycles. The first-order valence-corrected chi connectivity index (χ1v) is 3.95. The second-order valence-electron chi connectivity index (χ2n) is 1.78. The number of carboxylic acid groups (broad SMARTS) is 2. The molecule has 0 aliphatic rings. The van der Waals surface area contributed by atoms with Crippen LogP contribution in [0.3, 0.4) is 0 Å². The monoisotopic (exact) mass is 205 g/mol. The molecule has 0 radical (unpaired) electrons. The first-order valence-electron chi connectivity index (χ1n) is 2.68. The van der Waals surface area contributed by atoms with E-state index >= 15 is 0 Å². The van der Waals surface area contributed by atoms with E-state index in [1.54, 1.807) is 0 Å². The zero-order valence-electron chi connectivity index (χ0n) is 5.51. The van der Waals surface area contributed by atoms with Crippen molar-refractivity contribution >= 4 is 35.9 Å². The Morgan fingerprint density at radius 1 is 1.33 bits per heavy atom. The Labute approximate surface area is 76.1 Å². The van der Waals surface area contributed by atoms with Gasteiger partial charge in [-0.25, -0.2) is 14.6 Å². The van der Waals surface area contributed by atoms with E-state index in [0.717, 1.165) is 11.3 Å². The van der Waals surface area contributed by atoms with Crippen LogP contribution in [0.4, 0.5) is 0 Å². The van der Waals surface area contributed by atoms with E-state index in [1.807, 2.05) is 0 Å². The predicted molar refractivity (Wildman–Crippen MR) is 43.3 cm³/mol. The second-order valence-corrected chi connectivity index (χ2v) is 3.53. The highest BCUT2D eigenvalue weighted by molar-refractivity contribution is 7.83. The van der Waals surface area contributed by atoms with Gasteiger partial charge in [-0.15, -0.1) is 24.0 Å². The zero-order chi connectivity index (χ0) is 9.30. The molecule has 0 spiro atoms. The van der Waals surface area contributed by atoms with Crippen LogP contribution in [0, 0.1) is 0 Å². The summed E-state index contributed by atoms with van der Waals surface area (Å²) < 4.78 is 0.0971. The Morgan fingerprint density at radius 3 is 2.17 bits per heavy atom. The molecular weight excluding hydrogens is 202 g/mol. The van der Waals surface area contributed by atoms with E-state index in [9.17, 15) is 9.59 Å². The largest absolute Gasteiger partial charge is 0.476 e. The van der Waals surface area contributed by atoms with Crippen molar-refractivity contribution in [2.24, 2.45) is 0 Å². The molecule has 0 aliphatic heterocycles. The Bertz CT molecular complexity index is 345. The molecule has 64 valence electrons. The van der Waals surface area contributed by atoms with Gasteiger partial charge in [-0.1, -0.05) is 0 Å². The number of thiazole rings is 1. The Kier molecular flexibility index (Phi) is 2.34. The van der Waals surface area contributed by atoms with E-state index in [4.69, 9.17) is 10.2 Å². The fourth-order valence-corrected chi connectivity index (χ4v) is 1.58. The lowest BCUT2D eigenvalue weighted by atomic mass is 10.5. The van der Waals surface area contributed by atoms with Crippen molar-refractivity contribution in [3.05, 3.63) is 10.7 Å². The number of hydrogen-bond acceptors (Lipinski definition) is 5. The third kappa shape index (κ3) is 1.56. The van der Waals surface area contributed by atoms with Gasteiger partial charge in [0.1, 0.15) is 0 Å². The minimum atomic E-state index is -1.27. The zero-order valence-corrected chi connectivity index (χ0v) is 7.22. The lowest BCUT2D eigenvalue weighted by Gasteiger charge is -1.84. The van der Waals surface area contributed by atoms with Gasteiger partial charge in [-0.3, -0.25) is 0 Å². The SMILES string of the molecule is O=C(O)c1nc(C(=O)O)c(S)s1. The highest BCUT2D eigenvalue weighted by Crippen LogP contribution is 2.22. The minimum absolute atomic E-state index is 0.0971. The van der Waals surface area contributed by atoms with Gasteiger partial charge < -0.3 is 10.2 Å². The van der Waals surface area contributed by atoms with Crippen molar-refractivity contribution in [3.63, 3.8) is 0 Å². The third-order valence-electron chi connectivity index (χ3n) is 0.995. The molecule has 0 saturated heterocycles. The molecule has 1 rings (SSSR count). The van der Waals surface area contributed by atoms with Crippen molar-refractivity contribution in [1.82, 2.24) is 4.98 Å². The summed E-state index contributed by atoms with van der Waals surface area (Å²) in [7, 11) is 0. The molecule has 7 heteroatoms. The minimum Gasteiger partial charge on any atom is -0.476 e. The molecule has 0 saturated carbocycles. The lowest BCUT2D eigenvalue weighted by Crippen LogP contribution is -2.00. The molecule has 1 aromatic rings. The quantitative estimate of drug-likeness (QED) is 0.622. The maximum Gasteiger partial charge on any atom is 0.365 e. The van der Waals surface area contributed by atoms with Gasteiger partial charge in [0.15, 0.2) is 5.69 Å². The molecule has 0 atom stereocenters. The number of hydrogen-bond donors (Lipinski definition) is 3. The smallest absolute Gasteiger partial charge is 0.365 e. The number of nitrogens with zero attached hydrogens (tertiary/aromatic N) is 1. The fraction of sp³-hybridized carbons (Fsp3) is 0. The number of rotatable bonds is 2. The van der Waals surface area contributed by atoms with Crippen LogP contribution >= 0.6 is 24.0 Å². The number of aromatic nitrogens is 1. The maximum atomic E-state index is 10.4. The van der Waals surface area contributed by atoms with Crippen molar-refractivity contribution < 1.29 is 19.8 Å². The van der Waals surface area contributed by atoms with Gasteiger partial charge in [0, 0.05) is 0 Å². The van der Waals surface area contributed by atoms with Crippen LogP contribution in [0.15, 0.2) is 4.21 Å². The van der Waals surface area contributed by atoms with Crippen molar-refractivity contribution in [2.45, 2.75) is 4.21 Å². The fourth-order valence-electron chi connectivity index (χ4n) is 0.543. The molecule has 1 heterocycles. The molecule has 5 nitrogen and oxygen atoms in total. The predicted octanol–water partition coefficient (Wildman–Crippen LogP) is 0.828. The van der Waals surface area contributed by atoms with E-state index in [2.05, 4.69) is 17.6 Å². The van der Waals surface area contributed by atoms with E-state index < -0.39 is 11.9 Å². The summed E-state index contributed by atoms with van der Waals surface area (Å²) in [6.45, 7) is 0. The van der Waals surface area contributed by atoms with Crippen LogP contribution in [0.1, 0.15) is 20.3 Å². The summed E-state index contributed by atoms with van der Waals surface area (Å²) in [5.74, 6) is -2.52. The van der Waals surface area contributed by atoms with Crippen molar-refractivity contribution in [1.29, 1.82) is 0 Å². The molecule has 0 fully saturated rings. The molecule has 0 unspecified atom stereocenters. The van der Waals surface area contributed by atoms with Crippen LogP contribution in [0.25, 0.3) is 0 Å². The molecule has 0 aromatic carbocycles. The Balaban J connectivity index is 3.17. The van der Waals surface area contributed by atoms with Gasteiger partial charge >= 0.3 is 11.9 Å². The van der Waals surface area contributed by atoms with Gasteiger partial charge in [0.25, 0.3) is 0 Å². The van der Waals surface area contributed by atoms with E-state index in [1.165, 1.54) is 0 Å².